The van der Waals surface area contributed by atoms with E-state index >= 15 is 0 Å². The van der Waals surface area contributed by atoms with E-state index in [1.54, 1.807) is 12.0 Å². The van der Waals surface area contributed by atoms with Crippen LogP contribution in [0.2, 0.25) is 0 Å². The topological polar surface area (TPSA) is 77.1 Å². The van der Waals surface area contributed by atoms with E-state index in [0.717, 1.165) is 30.8 Å². The molecule has 1 atom stereocenters. The van der Waals surface area contributed by atoms with Gasteiger partial charge in [-0.05, 0) is 30.5 Å². The molecule has 0 radical (unpaired) electrons. The predicted octanol–water partition coefficient (Wildman–Crippen LogP) is 2.04. The zero-order valence-corrected chi connectivity index (χ0v) is 15.7. The second-order valence-electron chi connectivity index (χ2n) is 6.24. The highest BCUT2D eigenvalue weighted by atomic mass is 32.2. The van der Waals surface area contributed by atoms with E-state index in [-0.39, 0.29) is 23.8 Å². The Labute approximate surface area is 157 Å². The number of nitrogens with one attached hydrogen (secondary N) is 1. The SMILES string of the molecule is COc1cc(CNC(=O)CN2CCSC2=O)ccc1OCC1CCCO1. The summed E-state index contributed by atoms with van der Waals surface area (Å²) in [5.74, 6) is 1.87. The quantitative estimate of drug-likeness (QED) is 0.744. The molecular weight excluding hydrogens is 356 g/mol. The molecule has 26 heavy (non-hydrogen) atoms. The third-order valence-corrected chi connectivity index (χ3v) is 5.24. The van der Waals surface area contributed by atoms with Gasteiger partial charge in [0.15, 0.2) is 11.5 Å². The lowest BCUT2D eigenvalue weighted by molar-refractivity contribution is -0.121. The van der Waals surface area contributed by atoms with Gasteiger partial charge in [-0.2, -0.15) is 0 Å². The number of hydrogen-bond acceptors (Lipinski definition) is 6. The van der Waals surface area contributed by atoms with Crippen LogP contribution in [-0.2, 0) is 16.1 Å². The summed E-state index contributed by atoms with van der Waals surface area (Å²) in [4.78, 5) is 25.1. The summed E-state index contributed by atoms with van der Waals surface area (Å²) in [6, 6.07) is 5.59. The number of ether oxygens (including phenoxy) is 3. The number of methoxy groups -OCH3 is 1. The summed E-state index contributed by atoms with van der Waals surface area (Å²) in [5.41, 5.74) is 0.904. The molecule has 2 aliphatic rings. The highest BCUT2D eigenvalue weighted by molar-refractivity contribution is 8.13. The van der Waals surface area contributed by atoms with Gasteiger partial charge in [0.25, 0.3) is 5.24 Å². The van der Waals surface area contributed by atoms with Crippen LogP contribution in [0.1, 0.15) is 18.4 Å². The molecule has 0 spiro atoms. The van der Waals surface area contributed by atoms with Gasteiger partial charge in [-0.15, -0.1) is 0 Å². The van der Waals surface area contributed by atoms with Crippen molar-refractivity contribution >= 4 is 22.9 Å². The van der Waals surface area contributed by atoms with Crippen molar-refractivity contribution in [2.75, 3.05) is 39.2 Å². The summed E-state index contributed by atoms with van der Waals surface area (Å²) in [6.45, 7) is 2.41. The van der Waals surface area contributed by atoms with Crippen LogP contribution in [0, 0.1) is 0 Å². The van der Waals surface area contributed by atoms with Gasteiger partial charge in [0.05, 0.1) is 13.2 Å². The smallest absolute Gasteiger partial charge is 0.282 e. The minimum atomic E-state index is -0.168. The van der Waals surface area contributed by atoms with Gasteiger partial charge in [0.2, 0.25) is 5.91 Å². The Morgan fingerprint density at radius 3 is 3.00 bits per heavy atom. The molecule has 0 aromatic heterocycles. The molecule has 2 aliphatic heterocycles. The number of carbonyl (C=O) groups is 2. The van der Waals surface area contributed by atoms with Crippen molar-refractivity contribution in [2.45, 2.75) is 25.5 Å². The normalized spacial score (nSPS) is 19.7. The standard InChI is InChI=1S/C18H24N2O5S/c1-23-16-9-13(4-5-15(16)25-12-14-3-2-7-24-14)10-19-17(21)11-20-6-8-26-18(20)22/h4-5,9,14H,2-3,6-8,10-12H2,1H3,(H,19,21). The number of nitrogens with zero attached hydrogens (tertiary/aromatic N) is 1. The molecule has 1 aromatic carbocycles. The fourth-order valence-corrected chi connectivity index (χ4v) is 3.72. The van der Waals surface area contributed by atoms with Crippen LogP contribution >= 0.6 is 11.8 Å². The minimum absolute atomic E-state index is 0.0328. The lowest BCUT2D eigenvalue weighted by Crippen LogP contribution is -2.36. The van der Waals surface area contributed by atoms with Gasteiger partial charge < -0.3 is 24.4 Å². The summed E-state index contributed by atoms with van der Waals surface area (Å²) in [5, 5.41) is 2.80. The molecule has 1 unspecified atom stereocenters. The first-order valence-corrected chi connectivity index (χ1v) is 9.74. The van der Waals surface area contributed by atoms with Crippen molar-refractivity contribution in [3.8, 4) is 11.5 Å². The molecule has 2 saturated heterocycles. The summed E-state index contributed by atoms with van der Waals surface area (Å²) >= 11 is 1.25. The lowest BCUT2D eigenvalue weighted by Gasteiger charge is -2.16. The van der Waals surface area contributed by atoms with Crippen LogP contribution in [0.15, 0.2) is 18.2 Å². The summed E-state index contributed by atoms with van der Waals surface area (Å²) in [7, 11) is 1.59. The fraction of sp³-hybridized carbons (Fsp3) is 0.556. The monoisotopic (exact) mass is 380 g/mol. The number of benzene rings is 1. The average molecular weight is 380 g/mol. The highest BCUT2D eigenvalue weighted by Crippen LogP contribution is 2.29. The average Bonchev–Trinajstić information content (AvgIpc) is 3.30. The first-order valence-electron chi connectivity index (χ1n) is 8.75. The Morgan fingerprint density at radius 2 is 2.31 bits per heavy atom. The van der Waals surface area contributed by atoms with Gasteiger partial charge in [-0.3, -0.25) is 9.59 Å². The van der Waals surface area contributed by atoms with E-state index in [1.807, 2.05) is 18.2 Å². The molecule has 2 fully saturated rings. The van der Waals surface area contributed by atoms with Gasteiger partial charge in [0, 0.05) is 25.4 Å². The first kappa shape index (κ1) is 18.8. The van der Waals surface area contributed by atoms with E-state index in [1.165, 1.54) is 11.8 Å². The maximum Gasteiger partial charge on any atom is 0.282 e. The zero-order chi connectivity index (χ0) is 18.4. The van der Waals surface area contributed by atoms with Crippen LogP contribution in [0.3, 0.4) is 0 Å². The number of amides is 2. The third kappa shape index (κ3) is 5.04. The first-order chi connectivity index (χ1) is 12.7. The molecule has 2 heterocycles. The minimum Gasteiger partial charge on any atom is -0.493 e. The van der Waals surface area contributed by atoms with E-state index in [4.69, 9.17) is 14.2 Å². The van der Waals surface area contributed by atoms with Gasteiger partial charge in [-0.25, -0.2) is 0 Å². The number of carbonyl (C=O) groups excluding carboxylic acids is 2. The van der Waals surface area contributed by atoms with Gasteiger partial charge >= 0.3 is 0 Å². The molecule has 8 heteroatoms. The molecule has 7 nitrogen and oxygen atoms in total. The van der Waals surface area contributed by atoms with Crippen molar-refractivity contribution in [3.63, 3.8) is 0 Å². The van der Waals surface area contributed by atoms with Crippen LogP contribution in [0.4, 0.5) is 4.79 Å². The molecule has 0 saturated carbocycles. The third-order valence-electron chi connectivity index (χ3n) is 4.35. The molecular formula is C18H24N2O5S. The maximum absolute atomic E-state index is 12.0. The summed E-state index contributed by atoms with van der Waals surface area (Å²) < 4.78 is 16.8. The van der Waals surface area contributed by atoms with E-state index < -0.39 is 0 Å². The van der Waals surface area contributed by atoms with Crippen LogP contribution in [0.25, 0.3) is 0 Å². The molecule has 0 bridgehead atoms. The maximum atomic E-state index is 12.0. The highest BCUT2D eigenvalue weighted by Gasteiger charge is 2.23. The second kappa shape index (κ2) is 9.14. The van der Waals surface area contributed by atoms with Crippen LogP contribution < -0.4 is 14.8 Å². The number of thioether (sulfide) groups is 1. The Morgan fingerprint density at radius 1 is 1.42 bits per heavy atom. The van der Waals surface area contributed by atoms with Gasteiger partial charge in [0.1, 0.15) is 13.2 Å². The Kier molecular flexibility index (Phi) is 6.62. The molecule has 1 aromatic rings. The predicted molar refractivity (Wildman–Crippen MR) is 98.7 cm³/mol. The lowest BCUT2D eigenvalue weighted by atomic mass is 10.2. The number of hydrogen-bond donors (Lipinski definition) is 1. The van der Waals surface area contributed by atoms with E-state index in [2.05, 4.69) is 5.32 Å². The second-order valence-corrected chi connectivity index (χ2v) is 7.29. The van der Waals surface area contributed by atoms with Crippen molar-refractivity contribution in [3.05, 3.63) is 23.8 Å². The van der Waals surface area contributed by atoms with E-state index in [0.29, 0.717) is 31.2 Å². The van der Waals surface area contributed by atoms with Crippen LogP contribution in [-0.4, -0.2) is 61.3 Å². The fourth-order valence-electron chi connectivity index (χ4n) is 2.90. The van der Waals surface area contributed by atoms with E-state index in [9.17, 15) is 9.59 Å². The van der Waals surface area contributed by atoms with Crippen molar-refractivity contribution < 1.29 is 23.8 Å². The molecule has 2 amide bonds. The van der Waals surface area contributed by atoms with Crippen molar-refractivity contribution in [2.24, 2.45) is 0 Å². The van der Waals surface area contributed by atoms with Crippen molar-refractivity contribution in [1.82, 2.24) is 10.2 Å². The zero-order valence-electron chi connectivity index (χ0n) is 14.9. The Bertz CT molecular complexity index is 648. The molecule has 3 rings (SSSR count). The van der Waals surface area contributed by atoms with Crippen LogP contribution in [0.5, 0.6) is 11.5 Å². The molecule has 1 N–H and O–H groups in total. The Balaban J connectivity index is 1.49. The largest absolute Gasteiger partial charge is 0.493 e. The molecule has 142 valence electrons. The Hall–Kier alpha value is -1.93. The van der Waals surface area contributed by atoms with Crippen molar-refractivity contribution in [1.29, 1.82) is 0 Å². The van der Waals surface area contributed by atoms with Gasteiger partial charge in [-0.1, -0.05) is 17.8 Å². The number of rotatable bonds is 8. The summed E-state index contributed by atoms with van der Waals surface area (Å²) in [6.07, 6.45) is 2.24. The molecule has 0 aliphatic carbocycles.